The predicted octanol–water partition coefficient (Wildman–Crippen LogP) is -1.12. The SMILES string of the molecule is C#CCNC(=O)CN1CCN(CC#N)CC1. The minimum Gasteiger partial charge on any atom is -0.344 e. The molecule has 0 atom stereocenters. The average Bonchev–Trinajstić information content (AvgIpc) is 2.29. The molecule has 5 heteroatoms. The lowest BCUT2D eigenvalue weighted by Gasteiger charge is -2.32. The minimum absolute atomic E-state index is 0.0355. The number of piperazine rings is 1. The first kappa shape index (κ1) is 12.5. The van der Waals surface area contributed by atoms with Crippen molar-refractivity contribution in [2.24, 2.45) is 0 Å². The molecule has 86 valence electrons. The lowest BCUT2D eigenvalue weighted by atomic mass is 10.3. The van der Waals surface area contributed by atoms with Crippen molar-refractivity contribution in [2.45, 2.75) is 0 Å². The molecule has 16 heavy (non-hydrogen) atoms. The number of rotatable bonds is 4. The fraction of sp³-hybridized carbons (Fsp3) is 0.636. The Hall–Kier alpha value is -1.56. The number of nitrogens with zero attached hydrogens (tertiary/aromatic N) is 3. The number of carbonyl (C=O) groups excluding carboxylic acids is 1. The van der Waals surface area contributed by atoms with Gasteiger partial charge in [0.05, 0.1) is 25.7 Å². The van der Waals surface area contributed by atoms with Crippen LogP contribution in [0, 0.1) is 23.7 Å². The monoisotopic (exact) mass is 220 g/mol. The van der Waals surface area contributed by atoms with Gasteiger partial charge in [0.25, 0.3) is 0 Å². The number of amides is 1. The quantitative estimate of drug-likeness (QED) is 0.481. The molecule has 1 heterocycles. The van der Waals surface area contributed by atoms with E-state index in [-0.39, 0.29) is 12.5 Å². The summed E-state index contributed by atoms with van der Waals surface area (Å²) in [6.45, 7) is 4.48. The van der Waals surface area contributed by atoms with Crippen LogP contribution in [0.1, 0.15) is 0 Å². The summed E-state index contributed by atoms with van der Waals surface area (Å²) in [5.74, 6) is 2.33. The predicted molar refractivity (Wildman–Crippen MR) is 60.3 cm³/mol. The Labute approximate surface area is 96.0 Å². The van der Waals surface area contributed by atoms with Crippen molar-refractivity contribution in [1.82, 2.24) is 15.1 Å². The number of nitrogens with one attached hydrogen (secondary N) is 1. The second kappa shape index (κ2) is 6.84. The molecule has 0 unspecified atom stereocenters. The number of terminal acetylenes is 1. The molecule has 0 spiro atoms. The second-order valence-corrected chi connectivity index (χ2v) is 3.69. The van der Waals surface area contributed by atoms with Crippen LogP contribution in [-0.4, -0.2) is 61.5 Å². The first-order valence-electron chi connectivity index (χ1n) is 5.28. The largest absolute Gasteiger partial charge is 0.344 e. The molecule has 0 radical (unpaired) electrons. The Kier molecular flexibility index (Phi) is 5.35. The molecule has 0 aromatic rings. The van der Waals surface area contributed by atoms with Crippen LogP contribution in [0.5, 0.6) is 0 Å². The van der Waals surface area contributed by atoms with Gasteiger partial charge in [-0.15, -0.1) is 6.42 Å². The van der Waals surface area contributed by atoms with Crippen molar-refractivity contribution in [3.05, 3.63) is 0 Å². The van der Waals surface area contributed by atoms with Gasteiger partial charge in [0.15, 0.2) is 0 Å². The number of nitriles is 1. The molecule has 0 saturated carbocycles. The van der Waals surface area contributed by atoms with Gasteiger partial charge in [-0.2, -0.15) is 5.26 Å². The van der Waals surface area contributed by atoms with E-state index in [1.54, 1.807) is 0 Å². The standard InChI is InChI=1S/C11H16N4O/c1-2-4-13-11(16)10-15-8-6-14(5-3-12)7-9-15/h1H,4-10H2,(H,13,16). The van der Waals surface area contributed by atoms with E-state index in [9.17, 15) is 4.79 Å². The van der Waals surface area contributed by atoms with E-state index in [4.69, 9.17) is 11.7 Å². The Morgan fingerprint density at radius 3 is 2.50 bits per heavy atom. The molecule has 0 aromatic carbocycles. The third-order valence-electron chi connectivity index (χ3n) is 2.51. The summed E-state index contributed by atoms with van der Waals surface area (Å²) in [4.78, 5) is 15.5. The van der Waals surface area contributed by atoms with Crippen LogP contribution in [0.3, 0.4) is 0 Å². The summed E-state index contributed by atoms with van der Waals surface area (Å²) in [7, 11) is 0. The molecule has 0 aliphatic carbocycles. The summed E-state index contributed by atoms with van der Waals surface area (Å²) in [5.41, 5.74) is 0. The van der Waals surface area contributed by atoms with E-state index in [2.05, 4.69) is 27.1 Å². The summed E-state index contributed by atoms with van der Waals surface area (Å²) in [6, 6.07) is 2.13. The van der Waals surface area contributed by atoms with Crippen molar-refractivity contribution in [3.63, 3.8) is 0 Å². The van der Waals surface area contributed by atoms with E-state index in [1.807, 2.05) is 0 Å². The van der Waals surface area contributed by atoms with Gasteiger partial charge in [-0.1, -0.05) is 5.92 Å². The number of carbonyl (C=O) groups is 1. The van der Waals surface area contributed by atoms with Crippen molar-refractivity contribution >= 4 is 5.91 Å². The third-order valence-corrected chi connectivity index (χ3v) is 2.51. The molecule has 5 nitrogen and oxygen atoms in total. The summed E-state index contributed by atoms with van der Waals surface area (Å²) in [5, 5.41) is 11.2. The molecule has 1 fully saturated rings. The summed E-state index contributed by atoms with van der Waals surface area (Å²) < 4.78 is 0. The van der Waals surface area contributed by atoms with E-state index < -0.39 is 0 Å². The van der Waals surface area contributed by atoms with Crippen molar-refractivity contribution in [2.75, 3.05) is 45.8 Å². The highest BCUT2D eigenvalue weighted by atomic mass is 16.2. The first-order valence-corrected chi connectivity index (χ1v) is 5.28. The molecule has 0 bridgehead atoms. The molecule has 1 rings (SSSR count). The van der Waals surface area contributed by atoms with Crippen LogP contribution in [0.15, 0.2) is 0 Å². The molecular formula is C11H16N4O. The lowest BCUT2D eigenvalue weighted by molar-refractivity contribution is -0.122. The smallest absolute Gasteiger partial charge is 0.234 e. The highest BCUT2D eigenvalue weighted by Crippen LogP contribution is 2.00. The van der Waals surface area contributed by atoms with E-state index >= 15 is 0 Å². The Morgan fingerprint density at radius 2 is 1.94 bits per heavy atom. The van der Waals surface area contributed by atoms with Gasteiger partial charge in [-0.3, -0.25) is 14.6 Å². The molecule has 1 aliphatic heterocycles. The van der Waals surface area contributed by atoms with E-state index in [1.165, 1.54) is 0 Å². The Bertz CT molecular complexity index is 307. The number of hydrogen-bond donors (Lipinski definition) is 1. The molecule has 1 saturated heterocycles. The summed E-state index contributed by atoms with van der Waals surface area (Å²) >= 11 is 0. The normalized spacial score (nSPS) is 17.4. The third kappa shape index (κ3) is 4.31. The molecule has 0 aromatic heterocycles. The maximum atomic E-state index is 11.4. The fourth-order valence-electron chi connectivity index (χ4n) is 1.61. The van der Waals surface area contributed by atoms with Gasteiger partial charge in [0.1, 0.15) is 0 Å². The molecule has 1 aliphatic rings. The fourth-order valence-corrected chi connectivity index (χ4v) is 1.61. The van der Waals surface area contributed by atoms with Gasteiger partial charge >= 0.3 is 0 Å². The lowest BCUT2D eigenvalue weighted by Crippen LogP contribution is -2.49. The maximum Gasteiger partial charge on any atom is 0.234 e. The second-order valence-electron chi connectivity index (χ2n) is 3.69. The first-order chi connectivity index (χ1) is 7.76. The highest BCUT2D eigenvalue weighted by molar-refractivity contribution is 5.78. The van der Waals surface area contributed by atoms with Crippen molar-refractivity contribution < 1.29 is 4.79 Å². The Morgan fingerprint density at radius 1 is 1.31 bits per heavy atom. The van der Waals surface area contributed by atoms with Gasteiger partial charge in [0, 0.05) is 26.2 Å². The maximum absolute atomic E-state index is 11.4. The van der Waals surface area contributed by atoms with Crippen LogP contribution in [-0.2, 0) is 4.79 Å². The molecular weight excluding hydrogens is 204 g/mol. The van der Waals surface area contributed by atoms with Crippen LogP contribution < -0.4 is 5.32 Å². The van der Waals surface area contributed by atoms with Crippen molar-refractivity contribution in [3.8, 4) is 18.4 Å². The van der Waals surface area contributed by atoms with Crippen LogP contribution in [0.25, 0.3) is 0 Å². The number of hydrogen-bond acceptors (Lipinski definition) is 4. The summed E-state index contributed by atoms with van der Waals surface area (Å²) in [6.07, 6.45) is 5.05. The van der Waals surface area contributed by atoms with Crippen LogP contribution >= 0.6 is 0 Å². The van der Waals surface area contributed by atoms with Gasteiger partial charge in [0.2, 0.25) is 5.91 Å². The zero-order chi connectivity index (χ0) is 11.8. The van der Waals surface area contributed by atoms with E-state index in [0.717, 1.165) is 26.2 Å². The van der Waals surface area contributed by atoms with Crippen LogP contribution in [0.4, 0.5) is 0 Å². The zero-order valence-corrected chi connectivity index (χ0v) is 9.28. The minimum atomic E-state index is -0.0355. The highest BCUT2D eigenvalue weighted by Gasteiger charge is 2.17. The van der Waals surface area contributed by atoms with Crippen molar-refractivity contribution in [1.29, 1.82) is 5.26 Å². The Balaban J connectivity index is 2.20. The van der Waals surface area contributed by atoms with Crippen LogP contribution in [0.2, 0.25) is 0 Å². The van der Waals surface area contributed by atoms with Gasteiger partial charge in [-0.05, 0) is 0 Å². The molecule has 1 N–H and O–H groups in total. The average molecular weight is 220 g/mol. The topological polar surface area (TPSA) is 59.4 Å². The van der Waals surface area contributed by atoms with Gasteiger partial charge < -0.3 is 5.32 Å². The van der Waals surface area contributed by atoms with E-state index in [0.29, 0.717) is 13.1 Å². The van der Waals surface area contributed by atoms with Gasteiger partial charge in [-0.25, -0.2) is 0 Å². The zero-order valence-electron chi connectivity index (χ0n) is 9.28. The molecule has 1 amide bonds.